The van der Waals surface area contributed by atoms with Crippen LogP contribution in [0.5, 0.6) is 0 Å². The molecule has 0 bridgehead atoms. The van der Waals surface area contributed by atoms with E-state index in [2.05, 4.69) is 10.1 Å². The highest BCUT2D eigenvalue weighted by Crippen LogP contribution is 2.12. The van der Waals surface area contributed by atoms with Gasteiger partial charge in [-0.1, -0.05) is 22.9 Å². The van der Waals surface area contributed by atoms with Crippen molar-refractivity contribution in [1.29, 1.82) is 0 Å². The summed E-state index contributed by atoms with van der Waals surface area (Å²) in [7, 11) is 0. The van der Waals surface area contributed by atoms with Crippen LogP contribution in [-0.2, 0) is 11.2 Å². The van der Waals surface area contributed by atoms with E-state index in [-0.39, 0.29) is 11.8 Å². The number of nitrogens with zero attached hydrogens (tertiary/aromatic N) is 4. The number of carbonyl (C=O) groups is 2. The molecule has 2 aromatic rings. The summed E-state index contributed by atoms with van der Waals surface area (Å²) in [5, 5.41) is 3.74. The molecule has 26 heavy (non-hydrogen) atoms. The minimum Gasteiger partial charge on any atom is -0.339 e. The highest BCUT2D eigenvalue weighted by atomic mass is 16.5. The second kappa shape index (κ2) is 8.12. The van der Waals surface area contributed by atoms with Crippen LogP contribution in [-0.4, -0.2) is 57.9 Å². The Hall–Kier alpha value is -2.70. The fourth-order valence-corrected chi connectivity index (χ4v) is 3.03. The first-order valence-electron chi connectivity index (χ1n) is 8.96. The van der Waals surface area contributed by atoms with Crippen LogP contribution >= 0.6 is 0 Å². The third kappa shape index (κ3) is 4.47. The van der Waals surface area contributed by atoms with Crippen molar-refractivity contribution in [1.82, 2.24) is 19.9 Å². The lowest BCUT2D eigenvalue weighted by molar-refractivity contribution is -0.132. The van der Waals surface area contributed by atoms with E-state index < -0.39 is 0 Å². The Labute approximate surface area is 153 Å². The van der Waals surface area contributed by atoms with Gasteiger partial charge in [0, 0.05) is 44.6 Å². The van der Waals surface area contributed by atoms with E-state index in [1.165, 1.54) is 0 Å². The Kier molecular flexibility index (Phi) is 5.65. The molecule has 0 aliphatic carbocycles. The van der Waals surface area contributed by atoms with E-state index in [1.54, 1.807) is 6.92 Å². The number of carbonyl (C=O) groups excluding carboxylic acids is 2. The number of aromatic nitrogens is 2. The van der Waals surface area contributed by atoms with Gasteiger partial charge in [-0.15, -0.1) is 0 Å². The molecule has 138 valence electrons. The summed E-state index contributed by atoms with van der Waals surface area (Å²) in [6.07, 6.45) is 1.74. The number of amides is 2. The van der Waals surface area contributed by atoms with Crippen LogP contribution in [0.2, 0.25) is 0 Å². The molecule has 1 saturated heterocycles. The van der Waals surface area contributed by atoms with Crippen LogP contribution < -0.4 is 0 Å². The van der Waals surface area contributed by atoms with Gasteiger partial charge in [-0.25, -0.2) is 0 Å². The second-order valence-corrected chi connectivity index (χ2v) is 6.63. The normalized spacial score (nSPS) is 14.5. The average molecular weight is 356 g/mol. The predicted octanol–water partition coefficient (Wildman–Crippen LogP) is 1.99. The minimum absolute atomic E-state index is 0.0314. The molecule has 1 fully saturated rings. The van der Waals surface area contributed by atoms with Crippen LogP contribution in [0.3, 0.4) is 0 Å². The standard InChI is InChI=1S/C19H24N4O3/c1-14-6-8-16(9-7-14)19(25)23-12-10-22(11-13-23)18(24)5-3-4-17-20-15(2)21-26-17/h6-9H,3-5,10-13H2,1-2H3. The van der Waals surface area contributed by atoms with Gasteiger partial charge in [0.15, 0.2) is 5.82 Å². The average Bonchev–Trinajstić information content (AvgIpc) is 3.07. The zero-order valence-corrected chi connectivity index (χ0v) is 15.3. The first-order valence-corrected chi connectivity index (χ1v) is 8.96. The first-order chi connectivity index (χ1) is 12.5. The molecule has 1 aliphatic heterocycles. The zero-order valence-electron chi connectivity index (χ0n) is 15.3. The second-order valence-electron chi connectivity index (χ2n) is 6.63. The summed E-state index contributed by atoms with van der Waals surface area (Å²) in [6.45, 7) is 6.07. The molecule has 2 heterocycles. The van der Waals surface area contributed by atoms with Gasteiger partial charge < -0.3 is 14.3 Å². The van der Waals surface area contributed by atoms with Gasteiger partial charge >= 0.3 is 0 Å². The highest BCUT2D eigenvalue weighted by molar-refractivity contribution is 5.94. The fourth-order valence-electron chi connectivity index (χ4n) is 3.03. The molecule has 0 atom stereocenters. The van der Waals surface area contributed by atoms with Crippen molar-refractivity contribution in [3.05, 3.63) is 47.1 Å². The van der Waals surface area contributed by atoms with Gasteiger partial charge in [-0.3, -0.25) is 9.59 Å². The molecule has 1 aliphatic rings. The number of aryl methyl sites for hydroxylation is 3. The van der Waals surface area contributed by atoms with E-state index in [9.17, 15) is 9.59 Å². The van der Waals surface area contributed by atoms with E-state index in [0.717, 1.165) is 5.56 Å². The van der Waals surface area contributed by atoms with Gasteiger partial charge in [-0.2, -0.15) is 4.98 Å². The molecule has 1 aromatic carbocycles. The van der Waals surface area contributed by atoms with Crippen LogP contribution in [0.4, 0.5) is 0 Å². The summed E-state index contributed by atoms with van der Waals surface area (Å²) >= 11 is 0. The Balaban J connectivity index is 1.43. The summed E-state index contributed by atoms with van der Waals surface area (Å²) < 4.78 is 5.05. The minimum atomic E-state index is 0.0314. The van der Waals surface area contributed by atoms with Crippen LogP contribution in [0, 0.1) is 13.8 Å². The van der Waals surface area contributed by atoms with Crippen molar-refractivity contribution in [2.24, 2.45) is 0 Å². The fraction of sp³-hybridized carbons (Fsp3) is 0.474. The van der Waals surface area contributed by atoms with Crippen molar-refractivity contribution in [2.45, 2.75) is 33.1 Å². The molecule has 3 rings (SSSR count). The summed E-state index contributed by atoms with van der Waals surface area (Å²) in [5.41, 5.74) is 1.83. The Morgan fingerprint density at radius 1 is 1.04 bits per heavy atom. The van der Waals surface area contributed by atoms with E-state index >= 15 is 0 Å². The lowest BCUT2D eigenvalue weighted by Crippen LogP contribution is -2.50. The van der Waals surface area contributed by atoms with Crippen molar-refractivity contribution in [2.75, 3.05) is 26.2 Å². The predicted molar refractivity (Wildman–Crippen MR) is 95.6 cm³/mol. The third-order valence-corrected chi connectivity index (χ3v) is 4.57. The monoisotopic (exact) mass is 356 g/mol. The highest BCUT2D eigenvalue weighted by Gasteiger charge is 2.24. The van der Waals surface area contributed by atoms with Crippen LogP contribution in [0.25, 0.3) is 0 Å². The molecular weight excluding hydrogens is 332 g/mol. The van der Waals surface area contributed by atoms with E-state index in [4.69, 9.17) is 4.52 Å². The molecule has 0 unspecified atom stereocenters. The zero-order chi connectivity index (χ0) is 18.5. The topological polar surface area (TPSA) is 79.5 Å². The molecule has 7 nitrogen and oxygen atoms in total. The summed E-state index contributed by atoms with van der Waals surface area (Å²) in [6, 6.07) is 7.60. The number of rotatable bonds is 5. The maximum absolute atomic E-state index is 12.5. The van der Waals surface area contributed by atoms with Crippen molar-refractivity contribution in [3.8, 4) is 0 Å². The maximum atomic E-state index is 12.5. The number of hydrogen-bond donors (Lipinski definition) is 0. The van der Waals surface area contributed by atoms with Gasteiger partial charge in [0.2, 0.25) is 11.8 Å². The van der Waals surface area contributed by atoms with E-state index in [0.29, 0.717) is 62.7 Å². The molecule has 0 radical (unpaired) electrons. The molecule has 7 heteroatoms. The molecule has 0 saturated carbocycles. The Morgan fingerprint density at radius 2 is 1.69 bits per heavy atom. The van der Waals surface area contributed by atoms with Crippen molar-refractivity contribution in [3.63, 3.8) is 0 Å². The van der Waals surface area contributed by atoms with Crippen molar-refractivity contribution >= 4 is 11.8 Å². The molecule has 1 aromatic heterocycles. The Bertz CT molecular complexity index is 761. The van der Waals surface area contributed by atoms with Gasteiger partial charge in [0.05, 0.1) is 0 Å². The smallest absolute Gasteiger partial charge is 0.253 e. The molecule has 0 N–H and O–H groups in total. The lowest BCUT2D eigenvalue weighted by Gasteiger charge is -2.35. The number of hydrogen-bond acceptors (Lipinski definition) is 5. The quantitative estimate of drug-likeness (QED) is 0.819. The van der Waals surface area contributed by atoms with Gasteiger partial charge in [0.1, 0.15) is 0 Å². The van der Waals surface area contributed by atoms with Crippen LogP contribution in [0.1, 0.15) is 40.5 Å². The SMILES string of the molecule is Cc1ccc(C(=O)N2CCN(C(=O)CCCc3nc(C)no3)CC2)cc1. The third-order valence-electron chi connectivity index (χ3n) is 4.57. The summed E-state index contributed by atoms with van der Waals surface area (Å²) in [4.78, 5) is 32.6. The number of benzene rings is 1. The molecule has 0 spiro atoms. The molecule has 2 amide bonds. The first kappa shape index (κ1) is 18.1. The van der Waals surface area contributed by atoms with Crippen molar-refractivity contribution < 1.29 is 14.1 Å². The van der Waals surface area contributed by atoms with Crippen LogP contribution in [0.15, 0.2) is 28.8 Å². The van der Waals surface area contributed by atoms with Gasteiger partial charge in [0.25, 0.3) is 5.91 Å². The summed E-state index contributed by atoms with van der Waals surface area (Å²) in [5.74, 6) is 1.33. The van der Waals surface area contributed by atoms with Gasteiger partial charge in [-0.05, 0) is 32.4 Å². The maximum Gasteiger partial charge on any atom is 0.253 e. The Morgan fingerprint density at radius 3 is 2.31 bits per heavy atom. The molecular formula is C19H24N4O3. The lowest BCUT2D eigenvalue weighted by atomic mass is 10.1. The largest absolute Gasteiger partial charge is 0.339 e. The van der Waals surface area contributed by atoms with E-state index in [1.807, 2.05) is 41.0 Å². The number of piperazine rings is 1.